The molecule has 2 aromatic carbocycles. The predicted molar refractivity (Wildman–Crippen MR) is 86.1 cm³/mol. The van der Waals surface area contributed by atoms with E-state index in [2.05, 4.69) is 15.4 Å². The zero-order valence-electron chi connectivity index (χ0n) is 12.9. The average Bonchev–Trinajstić information content (AvgIpc) is 3.20. The van der Waals surface area contributed by atoms with Crippen LogP contribution in [-0.2, 0) is 6.42 Å². The maximum absolute atomic E-state index is 12.5. The summed E-state index contributed by atoms with van der Waals surface area (Å²) < 4.78 is 0. The molecule has 0 saturated heterocycles. The van der Waals surface area contributed by atoms with E-state index >= 15 is 0 Å². The van der Waals surface area contributed by atoms with Crippen LogP contribution in [0.3, 0.4) is 0 Å². The molecule has 2 heterocycles. The minimum absolute atomic E-state index is 0.310. The second-order valence-electron chi connectivity index (χ2n) is 5.36. The van der Waals surface area contributed by atoms with Crippen molar-refractivity contribution in [3.05, 3.63) is 65.5 Å². The van der Waals surface area contributed by atoms with Crippen molar-refractivity contribution < 1.29 is 9.59 Å². The van der Waals surface area contributed by atoms with E-state index in [0.717, 1.165) is 0 Å². The number of aryl methyl sites for hydroxylation is 1. The van der Waals surface area contributed by atoms with Crippen molar-refractivity contribution in [2.75, 3.05) is 4.90 Å². The summed E-state index contributed by atoms with van der Waals surface area (Å²) in [5, 5.41) is 12.1. The maximum atomic E-state index is 12.5. The van der Waals surface area contributed by atoms with Crippen molar-refractivity contribution in [1.29, 1.82) is 0 Å². The highest BCUT2D eigenvalue weighted by Crippen LogP contribution is 2.28. The van der Waals surface area contributed by atoms with Crippen LogP contribution < -0.4 is 4.90 Å². The maximum Gasteiger partial charge on any atom is 0.266 e. The van der Waals surface area contributed by atoms with Crippen molar-refractivity contribution in [2.45, 2.75) is 13.3 Å². The highest BCUT2D eigenvalue weighted by molar-refractivity contribution is 6.34. The minimum atomic E-state index is -0.310. The summed E-state index contributed by atoms with van der Waals surface area (Å²) >= 11 is 0. The van der Waals surface area contributed by atoms with Gasteiger partial charge < -0.3 is 0 Å². The van der Waals surface area contributed by atoms with Crippen LogP contribution >= 0.6 is 0 Å². The predicted octanol–water partition coefficient (Wildman–Crippen LogP) is 2.03. The largest absolute Gasteiger partial charge is 0.268 e. The third-order valence-electron chi connectivity index (χ3n) is 3.90. The van der Waals surface area contributed by atoms with Gasteiger partial charge in [-0.25, -0.2) is 4.90 Å². The molecule has 0 unspecified atom stereocenters. The molecule has 7 nitrogen and oxygen atoms in total. The lowest BCUT2D eigenvalue weighted by molar-refractivity contribution is 0.0926. The zero-order chi connectivity index (χ0) is 16.7. The second-order valence-corrected chi connectivity index (χ2v) is 5.36. The van der Waals surface area contributed by atoms with Crippen molar-refractivity contribution in [3.8, 4) is 5.69 Å². The fraction of sp³-hybridized carbons (Fsp3) is 0.118. The lowest BCUT2D eigenvalue weighted by atomic mass is 10.1. The van der Waals surface area contributed by atoms with E-state index < -0.39 is 0 Å². The molecular formula is C17H13N5O2. The van der Waals surface area contributed by atoms with Crippen LogP contribution in [-0.4, -0.2) is 32.0 Å². The first kappa shape index (κ1) is 14.3. The normalized spacial score (nSPS) is 13.5. The van der Waals surface area contributed by atoms with Gasteiger partial charge in [0.15, 0.2) is 5.82 Å². The Morgan fingerprint density at radius 2 is 1.46 bits per heavy atom. The number of tetrazole rings is 1. The lowest BCUT2D eigenvalue weighted by Crippen LogP contribution is -2.29. The Morgan fingerprint density at radius 1 is 0.875 bits per heavy atom. The summed E-state index contributed by atoms with van der Waals surface area (Å²) in [4.78, 5) is 27.5. The quantitative estimate of drug-likeness (QED) is 0.690. The first-order chi connectivity index (χ1) is 11.7. The number of anilines is 1. The van der Waals surface area contributed by atoms with Gasteiger partial charge in [0, 0.05) is 6.42 Å². The van der Waals surface area contributed by atoms with Gasteiger partial charge in [0.25, 0.3) is 11.8 Å². The van der Waals surface area contributed by atoms with Gasteiger partial charge in [-0.15, -0.1) is 15.0 Å². The molecule has 0 radical (unpaired) electrons. The fourth-order valence-corrected chi connectivity index (χ4v) is 2.65. The van der Waals surface area contributed by atoms with Crippen LogP contribution in [0, 0.1) is 0 Å². The van der Waals surface area contributed by atoms with E-state index in [1.54, 1.807) is 48.5 Å². The SMILES string of the molecule is CCc1nnn(-c2ccc(N3C(=O)c4ccccc4C3=O)cc2)n1. The van der Waals surface area contributed by atoms with Gasteiger partial charge >= 0.3 is 0 Å². The molecule has 4 rings (SSSR count). The van der Waals surface area contributed by atoms with E-state index in [-0.39, 0.29) is 11.8 Å². The molecule has 3 aromatic rings. The minimum Gasteiger partial charge on any atom is -0.268 e. The van der Waals surface area contributed by atoms with E-state index in [4.69, 9.17) is 0 Å². The number of aromatic nitrogens is 4. The zero-order valence-corrected chi connectivity index (χ0v) is 12.9. The van der Waals surface area contributed by atoms with Gasteiger partial charge in [-0.1, -0.05) is 19.1 Å². The first-order valence-electron chi connectivity index (χ1n) is 7.56. The number of rotatable bonds is 3. The Morgan fingerprint density at radius 3 is 2.00 bits per heavy atom. The number of fused-ring (bicyclic) bond motifs is 1. The fourth-order valence-electron chi connectivity index (χ4n) is 2.65. The number of imide groups is 1. The van der Waals surface area contributed by atoms with Crippen LogP contribution in [0.15, 0.2) is 48.5 Å². The van der Waals surface area contributed by atoms with Crippen molar-refractivity contribution in [1.82, 2.24) is 20.2 Å². The van der Waals surface area contributed by atoms with E-state index in [1.165, 1.54) is 9.70 Å². The molecule has 1 aliphatic rings. The molecular weight excluding hydrogens is 306 g/mol. The Balaban J connectivity index is 1.67. The summed E-state index contributed by atoms with van der Waals surface area (Å²) in [6.45, 7) is 1.95. The number of benzene rings is 2. The van der Waals surface area contributed by atoms with Crippen LogP contribution in [0.1, 0.15) is 33.5 Å². The summed E-state index contributed by atoms with van der Waals surface area (Å²) in [7, 11) is 0. The lowest BCUT2D eigenvalue weighted by Gasteiger charge is -2.14. The number of amides is 2. The van der Waals surface area contributed by atoms with Gasteiger partial charge in [-0.2, -0.15) is 0 Å². The number of hydrogen-bond donors (Lipinski definition) is 0. The Bertz CT molecular complexity index is 911. The van der Waals surface area contributed by atoms with Crippen LogP contribution in [0.4, 0.5) is 5.69 Å². The number of hydrogen-bond acceptors (Lipinski definition) is 5. The monoisotopic (exact) mass is 319 g/mol. The van der Waals surface area contributed by atoms with Crippen LogP contribution in [0.2, 0.25) is 0 Å². The van der Waals surface area contributed by atoms with Crippen molar-refractivity contribution in [3.63, 3.8) is 0 Å². The first-order valence-corrected chi connectivity index (χ1v) is 7.56. The van der Waals surface area contributed by atoms with Gasteiger partial charge in [0.1, 0.15) is 0 Å². The van der Waals surface area contributed by atoms with E-state index in [9.17, 15) is 9.59 Å². The van der Waals surface area contributed by atoms with Crippen molar-refractivity contribution >= 4 is 17.5 Å². The summed E-state index contributed by atoms with van der Waals surface area (Å²) in [6, 6.07) is 13.7. The third-order valence-corrected chi connectivity index (χ3v) is 3.90. The number of carbonyl (C=O) groups excluding carboxylic acids is 2. The Hall–Kier alpha value is -3.35. The molecule has 118 valence electrons. The van der Waals surface area contributed by atoms with Crippen LogP contribution in [0.25, 0.3) is 5.69 Å². The van der Waals surface area contributed by atoms with Gasteiger partial charge in [0.2, 0.25) is 0 Å². The molecule has 0 bridgehead atoms. The van der Waals surface area contributed by atoms with E-state index in [1.807, 2.05) is 6.92 Å². The van der Waals surface area contributed by atoms with Gasteiger partial charge in [-0.3, -0.25) is 9.59 Å². The molecule has 1 aromatic heterocycles. The molecule has 1 aliphatic heterocycles. The highest BCUT2D eigenvalue weighted by atomic mass is 16.2. The number of nitrogens with zero attached hydrogens (tertiary/aromatic N) is 5. The molecule has 0 fully saturated rings. The third kappa shape index (κ3) is 2.10. The Labute approximate surface area is 137 Å². The summed E-state index contributed by atoms with van der Waals surface area (Å²) in [5.41, 5.74) is 2.08. The average molecular weight is 319 g/mol. The molecule has 0 spiro atoms. The molecule has 0 aliphatic carbocycles. The van der Waals surface area contributed by atoms with E-state index in [0.29, 0.717) is 34.7 Å². The topological polar surface area (TPSA) is 81.0 Å². The molecule has 0 atom stereocenters. The molecule has 2 amide bonds. The summed E-state index contributed by atoms with van der Waals surface area (Å²) in [5.74, 6) is 0.0328. The highest BCUT2D eigenvalue weighted by Gasteiger charge is 2.36. The van der Waals surface area contributed by atoms with Crippen LogP contribution in [0.5, 0.6) is 0 Å². The number of carbonyl (C=O) groups is 2. The molecule has 0 N–H and O–H groups in total. The molecule has 24 heavy (non-hydrogen) atoms. The smallest absolute Gasteiger partial charge is 0.266 e. The van der Waals surface area contributed by atoms with Gasteiger partial charge in [-0.05, 0) is 41.6 Å². The Kier molecular flexibility index (Phi) is 3.19. The summed E-state index contributed by atoms with van der Waals surface area (Å²) in [6.07, 6.45) is 0.702. The van der Waals surface area contributed by atoms with Crippen molar-refractivity contribution in [2.24, 2.45) is 0 Å². The molecule has 0 saturated carbocycles. The molecule has 7 heteroatoms. The standard InChI is InChI=1S/C17H13N5O2/c1-2-15-18-20-22(19-15)12-9-7-11(8-10-12)21-16(23)13-5-3-4-6-14(13)17(21)24/h3-10H,2H2,1H3. The van der Waals surface area contributed by atoms with Gasteiger partial charge in [0.05, 0.1) is 22.5 Å². The second kappa shape index (κ2) is 5.38.